The van der Waals surface area contributed by atoms with Crippen LogP contribution in [0.2, 0.25) is 0 Å². The minimum atomic E-state index is -0.854. The van der Waals surface area contributed by atoms with Crippen LogP contribution in [0.4, 0.5) is 0 Å². The molecule has 2 aromatic carbocycles. The lowest BCUT2D eigenvalue weighted by molar-refractivity contribution is -0.138. The van der Waals surface area contributed by atoms with Gasteiger partial charge >= 0.3 is 5.97 Å². The van der Waals surface area contributed by atoms with Crippen molar-refractivity contribution >= 4 is 11.9 Å². The average molecular weight is 355 g/mol. The molecule has 1 amide bonds. The highest BCUT2D eigenvalue weighted by molar-refractivity contribution is 5.79. The first-order valence-electron chi connectivity index (χ1n) is 8.54. The minimum absolute atomic E-state index is 0.0434. The predicted octanol–water partition coefficient (Wildman–Crippen LogP) is 2.85. The van der Waals surface area contributed by atoms with Crippen molar-refractivity contribution in [2.45, 2.75) is 25.8 Å². The van der Waals surface area contributed by atoms with Gasteiger partial charge < -0.3 is 19.5 Å². The third kappa shape index (κ3) is 4.75. The molecule has 1 aliphatic heterocycles. The van der Waals surface area contributed by atoms with Gasteiger partial charge in [-0.3, -0.25) is 9.59 Å². The van der Waals surface area contributed by atoms with Gasteiger partial charge in [-0.25, -0.2) is 0 Å². The van der Waals surface area contributed by atoms with Crippen LogP contribution in [-0.2, 0) is 22.6 Å². The Morgan fingerprint density at radius 3 is 2.54 bits per heavy atom. The third-order valence-corrected chi connectivity index (χ3v) is 4.18. The molecule has 0 saturated carbocycles. The Labute approximate surface area is 152 Å². The maximum atomic E-state index is 12.8. The van der Waals surface area contributed by atoms with E-state index < -0.39 is 5.97 Å². The molecule has 2 aromatic rings. The van der Waals surface area contributed by atoms with Gasteiger partial charge in [0.1, 0.15) is 0 Å². The van der Waals surface area contributed by atoms with E-state index in [4.69, 9.17) is 14.6 Å². The molecule has 1 heterocycles. The van der Waals surface area contributed by atoms with E-state index in [0.717, 1.165) is 11.1 Å². The Morgan fingerprint density at radius 1 is 1.00 bits per heavy atom. The maximum Gasteiger partial charge on any atom is 0.303 e. The zero-order chi connectivity index (χ0) is 18.4. The second kappa shape index (κ2) is 8.38. The first-order valence-corrected chi connectivity index (χ1v) is 8.54. The molecule has 0 atom stereocenters. The van der Waals surface area contributed by atoms with Gasteiger partial charge in [0, 0.05) is 19.5 Å². The number of nitrogens with zero attached hydrogens (tertiary/aromatic N) is 1. The van der Waals surface area contributed by atoms with E-state index in [1.54, 1.807) is 11.0 Å². The van der Waals surface area contributed by atoms with Crippen LogP contribution >= 0.6 is 0 Å². The maximum absolute atomic E-state index is 12.8. The summed E-state index contributed by atoms with van der Waals surface area (Å²) >= 11 is 0. The molecule has 0 aliphatic carbocycles. The van der Waals surface area contributed by atoms with Crippen LogP contribution in [0, 0.1) is 0 Å². The van der Waals surface area contributed by atoms with Gasteiger partial charge in [-0.15, -0.1) is 0 Å². The number of fused-ring (bicyclic) bond motifs is 1. The van der Waals surface area contributed by atoms with Gasteiger partial charge in [-0.2, -0.15) is 0 Å². The number of benzene rings is 2. The van der Waals surface area contributed by atoms with Crippen LogP contribution in [0.15, 0.2) is 48.5 Å². The molecule has 0 saturated heterocycles. The first kappa shape index (κ1) is 17.8. The molecule has 6 nitrogen and oxygen atoms in total. The summed E-state index contributed by atoms with van der Waals surface area (Å²) in [4.78, 5) is 25.3. The van der Waals surface area contributed by atoms with E-state index in [0.29, 0.717) is 31.0 Å². The van der Waals surface area contributed by atoms with Crippen molar-refractivity contribution in [1.82, 2.24) is 4.90 Å². The van der Waals surface area contributed by atoms with Crippen LogP contribution in [0.1, 0.15) is 24.0 Å². The summed E-state index contributed by atoms with van der Waals surface area (Å²) in [6, 6.07) is 15.2. The number of hydrogen-bond acceptors (Lipinski definition) is 4. The molecule has 6 heteroatoms. The van der Waals surface area contributed by atoms with Crippen LogP contribution in [0.25, 0.3) is 0 Å². The molecule has 0 unspecified atom stereocenters. The van der Waals surface area contributed by atoms with Crippen LogP contribution in [-0.4, -0.2) is 35.2 Å². The molecule has 136 valence electrons. The number of carboxylic acid groups (broad SMARTS) is 1. The van der Waals surface area contributed by atoms with E-state index in [2.05, 4.69) is 0 Å². The third-order valence-electron chi connectivity index (χ3n) is 4.18. The second-order valence-electron chi connectivity index (χ2n) is 6.16. The number of rotatable bonds is 8. The summed E-state index contributed by atoms with van der Waals surface area (Å²) in [6.45, 7) is 1.07. The van der Waals surface area contributed by atoms with Crippen molar-refractivity contribution in [2.24, 2.45) is 0 Å². The largest absolute Gasteiger partial charge is 0.481 e. The molecule has 3 rings (SSSR count). The van der Waals surface area contributed by atoms with Gasteiger partial charge in [0.2, 0.25) is 12.7 Å². The fourth-order valence-corrected chi connectivity index (χ4v) is 2.85. The molecule has 26 heavy (non-hydrogen) atoms. The van der Waals surface area contributed by atoms with Gasteiger partial charge in [0.05, 0.1) is 6.42 Å². The molecular weight excluding hydrogens is 334 g/mol. The van der Waals surface area contributed by atoms with Crippen molar-refractivity contribution in [3.63, 3.8) is 0 Å². The Hall–Kier alpha value is -3.02. The normalized spacial score (nSPS) is 12.0. The van der Waals surface area contributed by atoms with Gasteiger partial charge in [-0.1, -0.05) is 36.4 Å². The fourth-order valence-electron chi connectivity index (χ4n) is 2.85. The summed E-state index contributed by atoms with van der Waals surface area (Å²) in [5, 5.41) is 8.85. The van der Waals surface area contributed by atoms with Gasteiger partial charge in [0.15, 0.2) is 11.5 Å². The lowest BCUT2D eigenvalue weighted by Gasteiger charge is -2.23. The van der Waals surface area contributed by atoms with Crippen LogP contribution in [0.5, 0.6) is 11.5 Å². The Bertz CT molecular complexity index is 775. The standard InChI is InChI=1S/C20H21NO5/c22-19(12-16-8-9-17-18(11-16)26-14-25-17)21(10-4-7-20(23)24)13-15-5-2-1-3-6-15/h1-3,5-6,8-9,11H,4,7,10,12-14H2,(H,23,24). The highest BCUT2D eigenvalue weighted by Crippen LogP contribution is 2.32. The number of ether oxygens (including phenoxy) is 2. The van der Waals surface area contributed by atoms with Gasteiger partial charge in [-0.05, 0) is 29.7 Å². The van der Waals surface area contributed by atoms with Crippen molar-refractivity contribution in [1.29, 1.82) is 0 Å². The molecule has 0 spiro atoms. The molecule has 1 N–H and O–H groups in total. The Balaban J connectivity index is 1.67. The lowest BCUT2D eigenvalue weighted by atomic mass is 10.1. The summed E-state index contributed by atoms with van der Waals surface area (Å²) in [6.07, 6.45) is 0.703. The number of aliphatic carboxylic acids is 1. The molecule has 1 aliphatic rings. The number of carbonyl (C=O) groups excluding carboxylic acids is 1. The van der Waals surface area contributed by atoms with Crippen LogP contribution < -0.4 is 9.47 Å². The number of hydrogen-bond donors (Lipinski definition) is 1. The Morgan fingerprint density at radius 2 is 1.77 bits per heavy atom. The van der Waals surface area contributed by atoms with E-state index in [9.17, 15) is 9.59 Å². The van der Waals surface area contributed by atoms with Gasteiger partial charge in [0.25, 0.3) is 0 Å². The topological polar surface area (TPSA) is 76.1 Å². The van der Waals surface area contributed by atoms with E-state index >= 15 is 0 Å². The van der Waals surface area contributed by atoms with Crippen molar-refractivity contribution in [3.05, 3.63) is 59.7 Å². The highest BCUT2D eigenvalue weighted by atomic mass is 16.7. The average Bonchev–Trinajstić information content (AvgIpc) is 3.09. The molecular formula is C20H21NO5. The molecule has 0 fully saturated rings. The second-order valence-corrected chi connectivity index (χ2v) is 6.16. The summed E-state index contributed by atoms with van der Waals surface area (Å²) in [7, 11) is 0. The number of amides is 1. The molecule has 0 radical (unpaired) electrons. The fraction of sp³-hybridized carbons (Fsp3) is 0.300. The smallest absolute Gasteiger partial charge is 0.303 e. The zero-order valence-corrected chi connectivity index (χ0v) is 14.4. The number of carboxylic acids is 1. The summed E-state index contributed by atoms with van der Waals surface area (Å²) in [5.41, 5.74) is 1.86. The monoisotopic (exact) mass is 355 g/mol. The summed E-state index contributed by atoms with van der Waals surface area (Å²) in [5.74, 6) is 0.436. The first-order chi connectivity index (χ1) is 12.6. The zero-order valence-electron chi connectivity index (χ0n) is 14.4. The Kier molecular flexibility index (Phi) is 5.73. The SMILES string of the molecule is O=C(O)CCCN(Cc1ccccc1)C(=O)Cc1ccc2c(c1)OCO2. The van der Waals surface area contributed by atoms with Crippen molar-refractivity contribution in [2.75, 3.05) is 13.3 Å². The van der Waals surface area contributed by atoms with E-state index in [1.807, 2.05) is 42.5 Å². The lowest BCUT2D eigenvalue weighted by Crippen LogP contribution is -2.33. The summed E-state index contributed by atoms with van der Waals surface area (Å²) < 4.78 is 10.6. The van der Waals surface area contributed by atoms with Crippen molar-refractivity contribution in [3.8, 4) is 11.5 Å². The number of carbonyl (C=O) groups is 2. The molecule has 0 aromatic heterocycles. The predicted molar refractivity (Wildman–Crippen MR) is 95.0 cm³/mol. The van der Waals surface area contributed by atoms with Crippen molar-refractivity contribution < 1.29 is 24.2 Å². The van der Waals surface area contributed by atoms with E-state index in [1.165, 1.54) is 0 Å². The quantitative estimate of drug-likeness (QED) is 0.788. The van der Waals surface area contributed by atoms with E-state index in [-0.39, 0.29) is 25.5 Å². The minimum Gasteiger partial charge on any atom is -0.481 e. The highest BCUT2D eigenvalue weighted by Gasteiger charge is 2.18. The van der Waals surface area contributed by atoms with Crippen LogP contribution in [0.3, 0.4) is 0 Å². The molecule has 0 bridgehead atoms.